The third kappa shape index (κ3) is 4.15. The quantitative estimate of drug-likeness (QED) is 0.271. The molecule has 0 saturated carbocycles. The molecule has 3 heterocycles. The SMILES string of the molecule is CCc1nn(-c2ccccc2)c2c1CN(C(=O)Nc1ccccc1Cl)[C@H](c1ccc(F)cc1)c1cccn1-2. The van der Waals surface area contributed by atoms with Crippen molar-refractivity contribution < 1.29 is 9.18 Å². The maximum Gasteiger partial charge on any atom is 0.323 e. The van der Waals surface area contributed by atoms with E-state index in [0.717, 1.165) is 34.0 Å². The molecule has 1 N–H and O–H groups in total. The summed E-state index contributed by atoms with van der Waals surface area (Å²) in [4.78, 5) is 15.8. The van der Waals surface area contributed by atoms with E-state index in [1.165, 1.54) is 12.1 Å². The minimum atomic E-state index is -0.491. The van der Waals surface area contributed by atoms with E-state index in [2.05, 4.69) is 16.8 Å². The molecule has 0 unspecified atom stereocenters. The third-order valence-electron chi connectivity index (χ3n) is 6.87. The Bertz CT molecular complexity index is 1610. The zero-order valence-corrected chi connectivity index (χ0v) is 21.4. The van der Waals surface area contributed by atoms with Crippen molar-refractivity contribution in [2.24, 2.45) is 0 Å². The number of nitrogens with zero attached hydrogens (tertiary/aromatic N) is 4. The second kappa shape index (κ2) is 9.84. The Morgan fingerprint density at radius 3 is 2.47 bits per heavy atom. The Morgan fingerprint density at radius 2 is 1.74 bits per heavy atom. The van der Waals surface area contributed by atoms with Gasteiger partial charge < -0.3 is 14.8 Å². The van der Waals surface area contributed by atoms with Crippen LogP contribution in [0.3, 0.4) is 0 Å². The Hall–Kier alpha value is -4.36. The number of para-hydroxylation sites is 2. The molecule has 0 spiro atoms. The van der Waals surface area contributed by atoms with Gasteiger partial charge in [-0.2, -0.15) is 5.10 Å². The summed E-state index contributed by atoms with van der Waals surface area (Å²) in [7, 11) is 0. The zero-order chi connectivity index (χ0) is 26.2. The van der Waals surface area contributed by atoms with Crippen LogP contribution in [0.15, 0.2) is 97.2 Å². The van der Waals surface area contributed by atoms with Crippen molar-refractivity contribution in [3.63, 3.8) is 0 Å². The number of hydrogen-bond acceptors (Lipinski definition) is 2. The molecule has 2 aromatic heterocycles. The summed E-state index contributed by atoms with van der Waals surface area (Å²) in [6.07, 6.45) is 2.68. The molecule has 0 fully saturated rings. The van der Waals surface area contributed by atoms with E-state index < -0.39 is 6.04 Å². The molecule has 6 rings (SSSR count). The summed E-state index contributed by atoms with van der Waals surface area (Å²) < 4.78 is 18.0. The second-order valence-corrected chi connectivity index (χ2v) is 9.55. The lowest BCUT2D eigenvalue weighted by Gasteiger charge is -2.31. The van der Waals surface area contributed by atoms with Gasteiger partial charge in [-0.25, -0.2) is 13.9 Å². The molecule has 0 bridgehead atoms. The number of rotatable bonds is 4. The molecule has 0 saturated heterocycles. The summed E-state index contributed by atoms with van der Waals surface area (Å²) in [5.41, 5.74) is 4.96. The van der Waals surface area contributed by atoms with Crippen LogP contribution in [-0.4, -0.2) is 25.3 Å². The number of amides is 2. The summed E-state index contributed by atoms with van der Waals surface area (Å²) in [6.45, 7) is 2.36. The predicted octanol–water partition coefficient (Wildman–Crippen LogP) is 7.16. The monoisotopic (exact) mass is 525 g/mol. The summed E-state index contributed by atoms with van der Waals surface area (Å²) in [5.74, 6) is 0.550. The van der Waals surface area contributed by atoms with Crippen molar-refractivity contribution in [3.8, 4) is 11.5 Å². The molecular weight excluding hydrogens is 501 g/mol. The normalized spacial score (nSPS) is 14.5. The highest BCUT2D eigenvalue weighted by Crippen LogP contribution is 2.39. The summed E-state index contributed by atoms with van der Waals surface area (Å²) in [6, 6.07) is 26.5. The molecule has 3 aromatic carbocycles. The van der Waals surface area contributed by atoms with E-state index in [4.69, 9.17) is 16.7 Å². The molecule has 6 nitrogen and oxygen atoms in total. The lowest BCUT2D eigenvalue weighted by Crippen LogP contribution is -2.38. The largest absolute Gasteiger partial charge is 0.323 e. The lowest BCUT2D eigenvalue weighted by molar-refractivity contribution is 0.194. The lowest BCUT2D eigenvalue weighted by atomic mass is 10.0. The van der Waals surface area contributed by atoms with Crippen molar-refractivity contribution in [2.75, 3.05) is 5.32 Å². The van der Waals surface area contributed by atoms with Gasteiger partial charge in [0.05, 0.1) is 40.4 Å². The third-order valence-corrected chi connectivity index (χ3v) is 7.20. The molecule has 1 aliphatic rings. The molecule has 0 radical (unpaired) electrons. The molecule has 38 heavy (non-hydrogen) atoms. The number of hydrogen-bond donors (Lipinski definition) is 1. The number of anilines is 1. The number of aryl methyl sites for hydroxylation is 1. The second-order valence-electron chi connectivity index (χ2n) is 9.14. The van der Waals surface area contributed by atoms with Gasteiger partial charge >= 0.3 is 6.03 Å². The first-order valence-corrected chi connectivity index (χ1v) is 12.8. The van der Waals surface area contributed by atoms with Crippen LogP contribution < -0.4 is 5.32 Å². The van der Waals surface area contributed by atoms with E-state index in [9.17, 15) is 9.18 Å². The van der Waals surface area contributed by atoms with Crippen molar-refractivity contribution >= 4 is 23.3 Å². The molecule has 2 amide bonds. The average molecular weight is 526 g/mol. The van der Waals surface area contributed by atoms with Crippen LogP contribution in [0, 0.1) is 5.82 Å². The van der Waals surface area contributed by atoms with Crippen molar-refractivity contribution in [3.05, 3.63) is 131 Å². The van der Waals surface area contributed by atoms with E-state index in [1.807, 2.05) is 65.5 Å². The van der Waals surface area contributed by atoms with Gasteiger partial charge in [0.1, 0.15) is 11.6 Å². The fourth-order valence-corrected chi connectivity index (χ4v) is 5.28. The minimum Gasteiger partial charge on any atom is -0.307 e. The smallest absolute Gasteiger partial charge is 0.307 e. The van der Waals surface area contributed by atoms with Crippen LogP contribution in [0.2, 0.25) is 5.02 Å². The number of fused-ring (bicyclic) bond motifs is 3. The first kappa shape index (κ1) is 24.0. The minimum absolute atomic E-state index is 0.297. The van der Waals surface area contributed by atoms with Crippen molar-refractivity contribution in [1.82, 2.24) is 19.2 Å². The van der Waals surface area contributed by atoms with E-state index in [0.29, 0.717) is 23.7 Å². The van der Waals surface area contributed by atoms with Crippen LogP contribution in [0.4, 0.5) is 14.9 Å². The van der Waals surface area contributed by atoms with Gasteiger partial charge in [0.25, 0.3) is 0 Å². The van der Waals surface area contributed by atoms with Crippen LogP contribution >= 0.6 is 11.6 Å². The van der Waals surface area contributed by atoms with Gasteiger partial charge in [0.2, 0.25) is 0 Å². The Balaban J connectivity index is 1.56. The molecule has 8 heteroatoms. The molecule has 1 atom stereocenters. The van der Waals surface area contributed by atoms with Crippen LogP contribution in [0.5, 0.6) is 0 Å². The molecule has 5 aromatic rings. The van der Waals surface area contributed by atoms with Gasteiger partial charge in [-0.15, -0.1) is 0 Å². The number of urea groups is 1. The van der Waals surface area contributed by atoms with Gasteiger partial charge in [0, 0.05) is 11.8 Å². The Kier molecular flexibility index (Phi) is 6.21. The van der Waals surface area contributed by atoms with Crippen molar-refractivity contribution in [2.45, 2.75) is 25.9 Å². The topological polar surface area (TPSA) is 55.1 Å². The number of carbonyl (C=O) groups is 1. The summed E-state index contributed by atoms with van der Waals surface area (Å²) in [5, 5.41) is 8.41. The fraction of sp³-hybridized carbons (Fsp3) is 0.133. The predicted molar refractivity (Wildman–Crippen MR) is 147 cm³/mol. The van der Waals surface area contributed by atoms with Crippen molar-refractivity contribution in [1.29, 1.82) is 0 Å². The average Bonchev–Trinajstić information content (AvgIpc) is 3.52. The molecule has 190 valence electrons. The van der Waals surface area contributed by atoms with E-state index in [-0.39, 0.29) is 11.8 Å². The van der Waals surface area contributed by atoms with Crippen LogP contribution in [-0.2, 0) is 13.0 Å². The molecular formula is C30H25ClFN5O. The van der Waals surface area contributed by atoms with Crippen LogP contribution in [0.25, 0.3) is 11.5 Å². The first-order chi connectivity index (χ1) is 18.5. The zero-order valence-electron chi connectivity index (χ0n) is 20.7. The van der Waals surface area contributed by atoms with E-state index in [1.54, 1.807) is 29.2 Å². The number of carbonyl (C=O) groups excluding carboxylic acids is 1. The number of halogens is 2. The number of benzene rings is 3. The van der Waals surface area contributed by atoms with Crippen LogP contribution in [0.1, 0.15) is 35.5 Å². The Labute approximate surface area is 224 Å². The highest BCUT2D eigenvalue weighted by Gasteiger charge is 2.36. The number of nitrogens with one attached hydrogen (secondary N) is 1. The highest BCUT2D eigenvalue weighted by molar-refractivity contribution is 6.33. The van der Waals surface area contributed by atoms with Gasteiger partial charge in [-0.1, -0.05) is 61.0 Å². The maximum absolute atomic E-state index is 14.0. The Morgan fingerprint density at radius 1 is 1.00 bits per heavy atom. The van der Waals surface area contributed by atoms with Gasteiger partial charge in [0.15, 0.2) is 0 Å². The first-order valence-electron chi connectivity index (χ1n) is 12.5. The number of aromatic nitrogens is 3. The standard InChI is InChI=1S/C30H25ClFN5O/c1-2-25-23-19-36(30(38)33-26-12-7-6-11-24(26)31)28(20-14-16-21(32)17-15-20)27-13-8-18-35(27)29(23)37(34-25)22-9-4-3-5-10-22/h3-18,28H,2,19H2,1H3,(H,33,38)/t28-/m1/s1. The fourth-order valence-electron chi connectivity index (χ4n) is 5.09. The van der Waals surface area contributed by atoms with E-state index >= 15 is 0 Å². The highest BCUT2D eigenvalue weighted by atomic mass is 35.5. The summed E-state index contributed by atoms with van der Waals surface area (Å²) >= 11 is 6.38. The molecule has 1 aliphatic heterocycles. The van der Waals surface area contributed by atoms with Gasteiger partial charge in [-0.3, -0.25) is 0 Å². The maximum atomic E-state index is 14.0. The molecule has 0 aliphatic carbocycles. The van der Waals surface area contributed by atoms with Gasteiger partial charge in [-0.05, 0) is 60.5 Å².